The fraction of sp³-hybridized carbons (Fsp3) is 0.435. The quantitative estimate of drug-likeness (QED) is 0.553. The number of hydrogen-bond donors (Lipinski definition) is 1. The minimum Gasteiger partial charge on any atom is -0.353 e. The second-order valence-corrected chi connectivity index (χ2v) is 10.6. The van der Waals surface area contributed by atoms with E-state index >= 15 is 0 Å². The number of sulfonamides is 1. The van der Waals surface area contributed by atoms with Crippen LogP contribution in [0.15, 0.2) is 42.5 Å². The molecule has 0 spiro atoms. The van der Waals surface area contributed by atoms with Gasteiger partial charge in [0.05, 0.1) is 11.9 Å². The summed E-state index contributed by atoms with van der Waals surface area (Å²) in [5.41, 5.74) is 4.95. The fourth-order valence-corrected chi connectivity index (χ4v) is 5.50. The lowest BCUT2D eigenvalue weighted by Crippen LogP contribution is -2.49. The van der Waals surface area contributed by atoms with E-state index in [4.69, 9.17) is 0 Å². The number of rotatable bonds is 10. The van der Waals surface area contributed by atoms with Crippen LogP contribution in [0.2, 0.25) is 0 Å². The van der Waals surface area contributed by atoms with Crippen LogP contribution in [-0.2, 0) is 20.6 Å². The fourth-order valence-electron chi connectivity index (χ4n) is 3.49. The van der Waals surface area contributed by atoms with Crippen molar-refractivity contribution in [2.24, 2.45) is 0 Å². The maximum Gasteiger partial charge on any atom is 0.243 e. The highest BCUT2D eigenvalue weighted by molar-refractivity contribution is 7.98. The van der Waals surface area contributed by atoms with Crippen LogP contribution < -0.4 is 9.62 Å². The van der Waals surface area contributed by atoms with Crippen molar-refractivity contribution >= 4 is 33.4 Å². The standard InChI is InChI=1S/C23H32N2O3S2/c1-6-22(25(30(5,27)28)21-14-18(3)12-19(4)15-21)23(26)24-10-11-29-16-20-9-7-8-17(2)13-20/h7-9,12-15,22H,6,10-11,16H2,1-5H3,(H,24,26)/t22-/m0/s1. The maximum absolute atomic E-state index is 12.9. The van der Waals surface area contributed by atoms with E-state index in [2.05, 4.69) is 30.4 Å². The molecule has 0 heterocycles. The minimum atomic E-state index is -3.62. The van der Waals surface area contributed by atoms with Gasteiger partial charge >= 0.3 is 0 Å². The van der Waals surface area contributed by atoms with Crippen LogP contribution in [0.3, 0.4) is 0 Å². The smallest absolute Gasteiger partial charge is 0.243 e. The molecule has 2 aromatic carbocycles. The summed E-state index contributed by atoms with van der Waals surface area (Å²) in [6.07, 6.45) is 1.54. The Balaban J connectivity index is 2.01. The number of hydrogen-bond acceptors (Lipinski definition) is 4. The molecule has 5 nitrogen and oxygen atoms in total. The molecule has 1 atom stereocenters. The molecule has 1 N–H and O–H groups in total. The number of thioether (sulfide) groups is 1. The Hall–Kier alpha value is -1.99. The molecule has 30 heavy (non-hydrogen) atoms. The third kappa shape index (κ3) is 7.06. The molecule has 0 aliphatic carbocycles. The summed E-state index contributed by atoms with van der Waals surface area (Å²) in [7, 11) is -3.62. The van der Waals surface area contributed by atoms with Crippen LogP contribution in [0.4, 0.5) is 5.69 Å². The predicted octanol–water partition coefficient (Wildman–Crippen LogP) is 4.21. The van der Waals surface area contributed by atoms with Gasteiger partial charge in [-0.3, -0.25) is 9.10 Å². The Morgan fingerprint density at radius 3 is 2.30 bits per heavy atom. The lowest BCUT2D eigenvalue weighted by Gasteiger charge is -2.30. The number of benzene rings is 2. The summed E-state index contributed by atoms with van der Waals surface area (Å²) in [4.78, 5) is 12.9. The number of carbonyl (C=O) groups excluding carboxylic acids is 1. The topological polar surface area (TPSA) is 66.5 Å². The van der Waals surface area contributed by atoms with Crippen LogP contribution in [0.25, 0.3) is 0 Å². The molecule has 0 aliphatic rings. The molecular formula is C23H32N2O3S2. The number of nitrogens with zero attached hydrogens (tertiary/aromatic N) is 1. The van der Waals surface area contributed by atoms with Crippen LogP contribution >= 0.6 is 11.8 Å². The van der Waals surface area contributed by atoms with E-state index in [1.807, 2.05) is 45.0 Å². The minimum absolute atomic E-state index is 0.266. The highest BCUT2D eigenvalue weighted by Crippen LogP contribution is 2.25. The molecular weight excluding hydrogens is 416 g/mol. The second kappa shape index (κ2) is 10.9. The van der Waals surface area contributed by atoms with Crippen molar-refractivity contribution < 1.29 is 13.2 Å². The first-order valence-electron chi connectivity index (χ1n) is 10.1. The Kier molecular flexibility index (Phi) is 8.79. The molecule has 0 radical (unpaired) electrons. The van der Waals surface area contributed by atoms with E-state index in [1.165, 1.54) is 15.4 Å². The highest BCUT2D eigenvalue weighted by atomic mass is 32.2. The zero-order valence-corrected chi connectivity index (χ0v) is 20.1. The lowest BCUT2D eigenvalue weighted by atomic mass is 10.1. The summed E-state index contributed by atoms with van der Waals surface area (Å²) in [5, 5.41) is 2.92. The SMILES string of the molecule is CC[C@@H](C(=O)NCCSCc1cccc(C)c1)N(c1cc(C)cc(C)c1)S(C)(=O)=O. The van der Waals surface area contributed by atoms with E-state index < -0.39 is 16.1 Å². The molecule has 2 aromatic rings. The number of anilines is 1. The second-order valence-electron chi connectivity index (χ2n) is 7.66. The first-order valence-corrected chi connectivity index (χ1v) is 13.1. The molecule has 0 aromatic heterocycles. The van der Waals surface area contributed by atoms with Crippen molar-refractivity contribution in [2.75, 3.05) is 22.9 Å². The van der Waals surface area contributed by atoms with Gasteiger partial charge in [0.2, 0.25) is 15.9 Å². The number of nitrogens with one attached hydrogen (secondary N) is 1. The van der Waals surface area contributed by atoms with Crippen molar-refractivity contribution in [3.05, 3.63) is 64.7 Å². The van der Waals surface area contributed by atoms with Gasteiger partial charge in [0.25, 0.3) is 0 Å². The first kappa shape index (κ1) is 24.3. The van der Waals surface area contributed by atoms with Gasteiger partial charge in [-0.05, 0) is 56.0 Å². The average molecular weight is 449 g/mol. The van der Waals surface area contributed by atoms with Crippen molar-refractivity contribution in [1.82, 2.24) is 5.32 Å². The summed E-state index contributed by atoms with van der Waals surface area (Å²) >= 11 is 1.74. The van der Waals surface area contributed by atoms with Gasteiger partial charge in [-0.15, -0.1) is 0 Å². The summed E-state index contributed by atoms with van der Waals surface area (Å²) < 4.78 is 26.4. The number of amides is 1. The molecule has 7 heteroatoms. The monoisotopic (exact) mass is 448 g/mol. The normalized spacial score (nSPS) is 12.4. The molecule has 164 valence electrons. The van der Waals surface area contributed by atoms with E-state index in [0.717, 1.165) is 28.9 Å². The average Bonchev–Trinajstić information content (AvgIpc) is 2.63. The van der Waals surface area contributed by atoms with E-state index in [1.54, 1.807) is 11.8 Å². The third-order valence-corrected chi connectivity index (χ3v) is 6.90. The summed E-state index contributed by atoms with van der Waals surface area (Å²) in [5.74, 6) is 1.38. The van der Waals surface area contributed by atoms with Crippen molar-refractivity contribution in [2.45, 2.75) is 45.9 Å². The highest BCUT2D eigenvalue weighted by Gasteiger charge is 2.31. The van der Waals surface area contributed by atoms with Gasteiger partial charge in [0, 0.05) is 18.1 Å². The molecule has 0 unspecified atom stereocenters. The van der Waals surface area contributed by atoms with Crippen molar-refractivity contribution in [3.63, 3.8) is 0 Å². The molecule has 0 saturated carbocycles. The molecule has 1 amide bonds. The van der Waals surface area contributed by atoms with Gasteiger partial charge in [-0.1, -0.05) is 42.8 Å². The Bertz CT molecular complexity index is 954. The van der Waals surface area contributed by atoms with Gasteiger partial charge in [0.1, 0.15) is 6.04 Å². The Labute approximate surface area is 185 Å². The molecule has 0 aliphatic heterocycles. The number of carbonyl (C=O) groups is 1. The lowest BCUT2D eigenvalue weighted by molar-refractivity contribution is -0.122. The largest absolute Gasteiger partial charge is 0.353 e. The molecule has 0 fully saturated rings. The number of aryl methyl sites for hydroxylation is 3. The summed E-state index contributed by atoms with van der Waals surface area (Å²) in [6.45, 7) is 8.24. The Morgan fingerprint density at radius 2 is 1.73 bits per heavy atom. The van der Waals surface area contributed by atoms with Crippen molar-refractivity contribution in [3.8, 4) is 0 Å². The third-order valence-electron chi connectivity index (χ3n) is 4.69. The van der Waals surface area contributed by atoms with Crippen molar-refractivity contribution in [1.29, 1.82) is 0 Å². The molecule has 2 rings (SSSR count). The van der Waals surface area contributed by atoms with E-state index in [9.17, 15) is 13.2 Å². The molecule has 0 saturated heterocycles. The molecule has 0 bridgehead atoms. The summed E-state index contributed by atoms with van der Waals surface area (Å²) in [6, 6.07) is 13.2. The van der Waals surface area contributed by atoms with Crippen LogP contribution in [0.5, 0.6) is 0 Å². The maximum atomic E-state index is 12.9. The van der Waals surface area contributed by atoms with Gasteiger partial charge in [-0.25, -0.2) is 8.42 Å². The van der Waals surface area contributed by atoms with E-state index in [-0.39, 0.29) is 5.91 Å². The van der Waals surface area contributed by atoms with E-state index in [0.29, 0.717) is 18.7 Å². The zero-order chi connectivity index (χ0) is 22.3. The first-order chi connectivity index (χ1) is 14.1. The van der Waals surface area contributed by atoms with Crippen LogP contribution in [-0.4, -0.2) is 38.9 Å². The van der Waals surface area contributed by atoms with Crippen LogP contribution in [0, 0.1) is 20.8 Å². The van der Waals surface area contributed by atoms with Gasteiger partial charge in [0.15, 0.2) is 0 Å². The van der Waals surface area contributed by atoms with Gasteiger partial charge in [-0.2, -0.15) is 11.8 Å². The van der Waals surface area contributed by atoms with Gasteiger partial charge < -0.3 is 5.32 Å². The zero-order valence-electron chi connectivity index (χ0n) is 18.4. The van der Waals surface area contributed by atoms with Crippen LogP contribution in [0.1, 0.15) is 35.6 Å². The Morgan fingerprint density at radius 1 is 1.07 bits per heavy atom. The predicted molar refractivity (Wildman–Crippen MR) is 128 cm³/mol.